The Hall–Kier alpha value is -1.12. The van der Waals surface area contributed by atoms with Crippen LogP contribution < -0.4 is 10.0 Å². The number of aliphatic imine (C=N–C) groups is 1. The van der Waals surface area contributed by atoms with Gasteiger partial charge in [-0.25, -0.2) is 18.1 Å². The molecule has 0 aromatic heterocycles. The summed E-state index contributed by atoms with van der Waals surface area (Å²) in [4.78, 5) is 6.89. The molecule has 1 aromatic rings. The van der Waals surface area contributed by atoms with Gasteiger partial charge >= 0.3 is 0 Å². The van der Waals surface area contributed by atoms with Crippen molar-refractivity contribution in [1.82, 2.24) is 14.9 Å². The average molecular weight is 415 g/mol. The Kier molecular flexibility index (Phi) is 5.46. The Morgan fingerprint density at radius 1 is 1.25 bits per heavy atom. The molecule has 1 fully saturated rings. The van der Waals surface area contributed by atoms with Crippen molar-refractivity contribution in [3.63, 3.8) is 0 Å². The van der Waals surface area contributed by atoms with Crippen LogP contribution in [0.3, 0.4) is 0 Å². The zero-order chi connectivity index (χ0) is 17.2. The molecule has 2 N–H and O–H groups in total. The fraction of sp³-hybridized carbons (Fsp3) is 0.562. The van der Waals surface area contributed by atoms with Crippen molar-refractivity contribution in [2.75, 3.05) is 13.3 Å². The van der Waals surface area contributed by atoms with Crippen LogP contribution >= 0.6 is 15.9 Å². The fourth-order valence-corrected chi connectivity index (χ4v) is 4.64. The lowest BCUT2D eigenvalue weighted by Gasteiger charge is -2.39. The molecular formula is C16H23BrN4O2S. The average Bonchev–Trinajstić information content (AvgIpc) is 2.56. The predicted molar refractivity (Wildman–Crippen MR) is 98.0 cm³/mol. The highest BCUT2D eigenvalue weighted by molar-refractivity contribution is 9.10. The SMILES string of the molecule is C[C@H]1CCCC[C@H]1N1CN=C(NS(=O)(=O)c2ccc(Br)cc2)NC1. The van der Waals surface area contributed by atoms with E-state index in [2.05, 4.69) is 42.8 Å². The molecule has 2 atom stereocenters. The van der Waals surface area contributed by atoms with Gasteiger partial charge in [-0.3, -0.25) is 4.90 Å². The van der Waals surface area contributed by atoms with Gasteiger partial charge < -0.3 is 5.32 Å². The van der Waals surface area contributed by atoms with Gasteiger partial charge in [-0.2, -0.15) is 0 Å². The first kappa shape index (κ1) is 17.7. The molecule has 3 rings (SSSR count). The lowest BCUT2D eigenvalue weighted by atomic mass is 9.85. The van der Waals surface area contributed by atoms with E-state index in [0.29, 0.717) is 31.3 Å². The number of hydrogen-bond acceptors (Lipinski definition) is 5. The molecule has 1 aliphatic heterocycles. The minimum Gasteiger partial charge on any atom is -0.343 e. The molecule has 1 aromatic carbocycles. The number of sulfonamides is 1. The Balaban J connectivity index is 1.63. The van der Waals surface area contributed by atoms with Crippen molar-refractivity contribution >= 4 is 31.9 Å². The summed E-state index contributed by atoms with van der Waals surface area (Å²) >= 11 is 3.30. The maximum atomic E-state index is 12.4. The molecule has 8 heteroatoms. The van der Waals surface area contributed by atoms with E-state index >= 15 is 0 Å². The van der Waals surface area contributed by atoms with E-state index in [1.807, 2.05) is 0 Å². The molecule has 6 nitrogen and oxygen atoms in total. The van der Waals surface area contributed by atoms with E-state index in [-0.39, 0.29) is 4.90 Å². The van der Waals surface area contributed by atoms with Crippen LogP contribution in [0.25, 0.3) is 0 Å². The molecule has 0 unspecified atom stereocenters. The molecule has 2 aliphatic rings. The lowest BCUT2D eigenvalue weighted by molar-refractivity contribution is 0.106. The molecule has 132 valence electrons. The van der Waals surface area contributed by atoms with Crippen molar-refractivity contribution in [3.8, 4) is 0 Å². The van der Waals surface area contributed by atoms with Gasteiger partial charge in [-0.1, -0.05) is 35.7 Å². The zero-order valence-electron chi connectivity index (χ0n) is 13.7. The maximum Gasteiger partial charge on any atom is 0.264 e. The number of benzene rings is 1. The van der Waals surface area contributed by atoms with Gasteiger partial charge in [0.25, 0.3) is 10.0 Å². The van der Waals surface area contributed by atoms with E-state index < -0.39 is 10.0 Å². The Morgan fingerprint density at radius 3 is 2.58 bits per heavy atom. The van der Waals surface area contributed by atoms with Gasteiger partial charge in [0, 0.05) is 10.5 Å². The van der Waals surface area contributed by atoms with E-state index in [1.165, 1.54) is 25.7 Å². The minimum absolute atomic E-state index is 0.221. The molecule has 24 heavy (non-hydrogen) atoms. The number of halogens is 1. The van der Waals surface area contributed by atoms with Crippen LogP contribution in [0.5, 0.6) is 0 Å². The van der Waals surface area contributed by atoms with Crippen LogP contribution in [0.15, 0.2) is 38.6 Å². The highest BCUT2D eigenvalue weighted by atomic mass is 79.9. The van der Waals surface area contributed by atoms with Gasteiger partial charge in [0.05, 0.1) is 18.2 Å². The van der Waals surface area contributed by atoms with E-state index in [1.54, 1.807) is 24.3 Å². The van der Waals surface area contributed by atoms with E-state index in [0.717, 1.165) is 4.47 Å². The number of nitrogens with one attached hydrogen (secondary N) is 2. The Labute approximate surface area is 151 Å². The summed E-state index contributed by atoms with van der Waals surface area (Å²) in [5, 5.41) is 3.10. The first-order valence-corrected chi connectivity index (χ1v) is 10.5. The monoisotopic (exact) mass is 414 g/mol. The number of guanidine groups is 1. The topological polar surface area (TPSA) is 73.8 Å². The lowest BCUT2D eigenvalue weighted by Crippen LogP contribution is -2.54. The van der Waals surface area contributed by atoms with Crippen LogP contribution in [0, 0.1) is 5.92 Å². The fourth-order valence-electron chi connectivity index (χ4n) is 3.37. The smallest absolute Gasteiger partial charge is 0.264 e. The molecule has 0 radical (unpaired) electrons. The molecule has 0 bridgehead atoms. The second kappa shape index (κ2) is 7.41. The summed E-state index contributed by atoms with van der Waals surface area (Å²) in [7, 11) is -3.61. The van der Waals surface area contributed by atoms with E-state index in [9.17, 15) is 8.42 Å². The quantitative estimate of drug-likeness (QED) is 0.796. The molecule has 1 heterocycles. The highest BCUT2D eigenvalue weighted by Crippen LogP contribution is 2.28. The highest BCUT2D eigenvalue weighted by Gasteiger charge is 2.29. The summed E-state index contributed by atoms with van der Waals surface area (Å²) in [5.74, 6) is 0.981. The van der Waals surface area contributed by atoms with Gasteiger partial charge in [-0.05, 0) is 43.0 Å². The maximum absolute atomic E-state index is 12.4. The van der Waals surface area contributed by atoms with Gasteiger partial charge in [0.15, 0.2) is 0 Å². The molecular weight excluding hydrogens is 392 g/mol. The third kappa shape index (κ3) is 4.10. The Morgan fingerprint density at radius 2 is 1.96 bits per heavy atom. The van der Waals surface area contributed by atoms with Crippen LogP contribution in [-0.2, 0) is 10.0 Å². The third-order valence-electron chi connectivity index (χ3n) is 4.75. The first-order chi connectivity index (χ1) is 11.5. The van der Waals surface area contributed by atoms with Crippen LogP contribution in [0.4, 0.5) is 0 Å². The summed E-state index contributed by atoms with van der Waals surface area (Å²) in [6, 6.07) is 7.06. The van der Waals surface area contributed by atoms with Crippen molar-refractivity contribution in [3.05, 3.63) is 28.7 Å². The van der Waals surface area contributed by atoms with Crippen LogP contribution in [0.1, 0.15) is 32.6 Å². The van der Waals surface area contributed by atoms with E-state index in [4.69, 9.17) is 0 Å². The molecule has 0 saturated heterocycles. The Bertz CT molecular complexity index is 705. The van der Waals surface area contributed by atoms with Gasteiger partial charge in [0.1, 0.15) is 0 Å². The molecule has 1 saturated carbocycles. The van der Waals surface area contributed by atoms with Gasteiger partial charge in [0.2, 0.25) is 5.96 Å². The second-order valence-corrected chi connectivity index (χ2v) is 9.06. The number of rotatable bonds is 3. The summed E-state index contributed by atoms with van der Waals surface area (Å²) in [6.07, 6.45) is 5.02. The zero-order valence-corrected chi connectivity index (χ0v) is 16.1. The second-order valence-electron chi connectivity index (χ2n) is 6.46. The normalized spacial score (nSPS) is 25.7. The summed E-state index contributed by atoms with van der Waals surface area (Å²) in [5.41, 5.74) is 0. The first-order valence-electron chi connectivity index (χ1n) is 8.26. The van der Waals surface area contributed by atoms with Crippen molar-refractivity contribution in [2.24, 2.45) is 10.9 Å². The number of nitrogens with zero attached hydrogens (tertiary/aromatic N) is 2. The van der Waals surface area contributed by atoms with Crippen LogP contribution in [0.2, 0.25) is 0 Å². The molecule has 1 aliphatic carbocycles. The van der Waals surface area contributed by atoms with Crippen molar-refractivity contribution < 1.29 is 8.42 Å². The van der Waals surface area contributed by atoms with Crippen molar-refractivity contribution in [2.45, 2.75) is 43.5 Å². The third-order valence-corrected chi connectivity index (χ3v) is 6.63. The largest absolute Gasteiger partial charge is 0.343 e. The summed E-state index contributed by atoms with van der Waals surface area (Å²) in [6.45, 7) is 3.44. The standard InChI is InChI=1S/C16H23BrN4O2S/c1-12-4-2-3-5-15(12)21-10-18-16(19-11-21)20-24(22,23)14-8-6-13(17)7-9-14/h6-9,12,15H,2-5,10-11H2,1H3,(H2,18,19,20)/t12-,15+/m0/s1. The van der Waals surface area contributed by atoms with Gasteiger partial charge in [-0.15, -0.1) is 0 Å². The number of hydrogen-bond donors (Lipinski definition) is 2. The van der Waals surface area contributed by atoms with Crippen molar-refractivity contribution in [1.29, 1.82) is 0 Å². The van der Waals surface area contributed by atoms with Crippen LogP contribution in [-0.4, -0.2) is 38.7 Å². The predicted octanol–water partition coefficient (Wildman–Crippen LogP) is 2.48. The molecule has 0 spiro atoms. The molecule has 0 amide bonds. The minimum atomic E-state index is -3.61. The summed E-state index contributed by atoms with van der Waals surface area (Å²) < 4.78 is 28.1.